The molecule has 2 aliphatic heterocycles. The summed E-state index contributed by atoms with van der Waals surface area (Å²) in [6.45, 7) is 7.57. The van der Waals surface area contributed by atoms with Crippen molar-refractivity contribution in [2.45, 2.75) is 45.4 Å². The van der Waals surface area contributed by atoms with Gasteiger partial charge < -0.3 is 19.7 Å². The molecular weight excluding hydrogens is 312 g/mol. The molecule has 1 aromatic rings. The quantitative estimate of drug-likeness (QED) is 0.918. The van der Waals surface area contributed by atoms with Gasteiger partial charge in [0.15, 0.2) is 5.79 Å². The largest absolute Gasteiger partial charge is 0.347 e. The summed E-state index contributed by atoms with van der Waals surface area (Å²) in [5, 5.41) is 3.05. The van der Waals surface area contributed by atoms with Gasteiger partial charge in [0.1, 0.15) is 0 Å². The van der Waals surface area contributed by atoms with Crippen molar-refractivity contribution in [2.75, 3.05) is 26.3 Å². The molecule has 2 saturated heterocycles. The predicted molar refractivity (Wildman–Crippen MR) is 90.5 cm³/mol. The monoisotopic (exact) mass is 338 g/mol. The molecule has 2 amide bonds. The molecule has 128 valence electrons. The number of nitrogens with zero attached hydrogens (tertiary/aromatic N) is 1. The second kappa shape index (κ2) is 7.20. The van der Waals surface area contributed by atoms with E-state index in [0.717, 1.165) is 25.8 Å². The van der Waals surface area contributed by atoms with Gasteiger partial charge in [-0.1, -0.05) is 6.92 Å². The van der Waals surface area contributed by atoms with Gasteiger partial charge in [-0.2, -0.15) is 0 Å². The van der Waals surface area contributed by atoms with Crippen LogP contribution in [0.5, 0.6) is 0 Å². The zero-order valence-electron chi connectivity index (χ0n) is 14.0. The van der Waals surface area contributed by atoms with Crippen LogP contribution in [0.4, 0.5) is 4.79 Å². The molecule has 0 unspecified atom stereocenters. The van der Waals surface area contributed by atoms with E-state index in [1.807, 2.05) is 11.8 Å². The van der Waals surface area contributed by atoms with E-state index < -0.39 is 5.79 Å². The maximum absolute atomic E-state index is 12.5. The number of hydrogen-bond donors (Lipinski definition) is 1. The smallest absolute Gasteiger partial charge is 0.317 e. The van der Waals surface area contributed by atoms with Gasteiger partial charge in [0.25, 0.3) is 0 Å². The van der Waals surface area contributed by atoms with Gasteiger partial charge in [-0.15, -0.1) is 11.3 Å². The molecule has 2 fully saturated rings. The Morgan fingerprint density at radius 1 is 1.39 bits per heavy atom. The van der Waals surface area contributed by atoms with Crippen LogP contribution in [0.15, 0.2) is 12.1 Å². The molecular formula is C17H26N2O3S. The van der Waals surface area contributed by atoms with Gasteiger partial charge in [0, 0.05) is 28.8 Å². The predicted octanol–water partition coefficient (Wildman–Crippen LogP) is 3.00. The average molecular weight is 338 g/mol. The Morgan fingerprint density at radius 3 is 2.83 bits per heavy atom. The summed E-state index contributed by atoms with van der Waals surface area (Å²) in [4.78, 5) is 16.9. The summed E-state index contributed by atoms with van der Waals surface area (Å²) < 4.78 is 11.5. The number of aryl methyl sites for hydroxylation is 1. The van der Waals surface area contributed by atoms with Gasteiger partial charge in [0.05, 0.1) is 19.8 Å². The topological polar surface area (TPSA) is 50.8 Å². The molecule has 0 aliphatic carbocycles. The molecule has 0 bridgehead atoms. The number of carbonyl (C=O) groups excluding carboxylic acids is 1. The molecule has 0 aromatic carbocycles. The molecule has 1 aromatic heterocycles. The molecule has 0 radical (unpaired) electrons. The van der Waals surface area contributed by atoms with E-state index >= 15 is 0 Å². The maximum atomic E-state index is 12.5. The molecule has 3 heterocycles. The molecule has 2 aliphatic rings. The second-order valence-electron chi connectivity index (χ2n) is 6.38. The summed E-state index contributed by atoms with van der Waals surface area (Å²) in [7, 11) is 0. The van der Waals surface area contributed by atoms with E-state index in [9.17, 15) is 4.79 Å². The molecule has 6 heteroatoms. The summed E-state index contributed by atoms with van der Waals surface area (Å²) in [5.41, 5.74) is 0. The van der Waals surface area contributed by atoms with E-state index in [-0.39, 0.29) is 11.9 Å². The molecule has 1 N–H and O–H groups in total. The summed E-state index contributed by atoms with van der Waals surface area (Å²) >= 11 is 1.77. The van der Waals surface area contributed by atoms with Crippen molar-refractivity contribution < 1.29 is 14.3 Å². The van der Waals surface area contributed by atoms with Gasteiger partial charge in [-0.3, -0.25) is 0 Å². The minimum Gasteiger partial charge on any atom is -0.347 e. The van der Waals surface area contributed by atoms with Crippen LogP contribution in [-0.2, 0) is 22.4 Å². The molecule has 1 atom stereocenters. The zero-order chi connectivity index (χ0) is 16.3. The van der Waals surface area contributed by atoms with Crippen molar-refractivity contribution in [3.8, 4) is 0 Å². The number of urea groups is 1. The molecule has 3 rings (SSSR count). The Kier molecular flexibility index (Phi) is 5.24. The van der Waals surface area contributed by atoms with Crippen LogP contribution in [-0.4, -0.2) is 43.0 Å². The molecule has 5 nitrogen and oxygen atoms in total. The highest BCUT2D eigenvalue weighted by atomic mass is 32.1. The molecule has 0 saturated carbocycles. The van der Waals surface area contributed by atoms with E-state index in [4.69, 9.17) is 9.47 Å². The second-order valence-corrected chi connectivity index (χ2v) is 7.63. The Bertz CT molecular complexity index is 540. The normalized spacial score (nSPS) is 23.9. The van der Waals surface area contributed by atoms with E-state index in [1.54, 1.807) is 11.3 Å². The van der Waals surface area contributed by atoms with E-state index in [1.165, 1.54) is 9.75 Å². The van der Waals surface area contributed by atoms with Gasteiger partial charge in [0.2, 0.25) is 0 Å². The van der Waals surface area contributed by atoms with Gasteiger partial charge in [-0.05, 0) is 38.3 Å². The van der Waals surface area contributed by atoms with Gasteiger partial charge >= 0.3 is 6.03 Å². The number of carbonyl (C=O) groups is 1. The lowest BCUT2D eigenvalue weighted by molar-refractivity contribution is -0.189. The van der Waals surface area contributed by atoms with Crippen LogP contribution < -0.4 is 5.32 Å². The van der Waals surface area contributed by atoms with Crippen molar-refractivity contribution in [3.05, 3.63) is 21.9 Å². The van der Waals surface area contributed by atoms with Crippen LogP contribution in [0, 0.1) is 5.92 Å². The van der Waals surface area contributed by atoms with Crippen molar-refractivity contribution in [3.63, 3.8) is 0 Å². The minimum absolute atomic E-state index is 0.0164. The number of nitrogens with one attached hydrogen (secondary N) is 1. The van der Waals surface area contributed by atoms with Crippen LogP contribution in [0.1, 0.15) is 36.4 Å². The van der Waals surface area contributed by atoms with Crippen LogP contribution in [0.3, 0.4) is 0 Å². The summed E-state index contributed by atoms with van der Waals surface area (Å²) in [6, 6.07) is 4.26. The Labute approximate surface area is 142 Å². The van der Waals surface area contributed by atoms with Crippen molar-refractivity contribution in [2.24, 2.45) is 5.92 Å². The molecule has 23 heavy (non-hydrogen) atoms. The first kappa shape index (κ1) is 16.7. The minimum atomic E-state index is -0.525. The fourth-order valence-corrected chi connectivity index (χ4v) is 4.24. The highest BCUT2D eigenvalue weighted by Gasteiger charge is 2.42. The van der Waals surface area contributed by atoms with Crippen molar-refractivity contribution in [1.82, 2.24) is 10.2 Å². The average Bonchev–Trinajstić information content (AvgIpc) is 3.22. The van der Waals surface area contributed by atoms with Crippen molar-refractivity contribution in [1.29, 1.82) is 0 Å². The lowest BCUT2D eigenvalue weighted by Gasteiger charge is -2.39. The fraction of sp³-hybridized carbons (Fsp3) is 0.706. The van der Waals surface area contributed by atoms with Crippen LogP contribution in [0.2, 0.25) is 0 Å². The summed E-state index contributed by atoms with van der Waals surface area (Å²) in [5.74, 6) is -0.277. The highest BCUT2D eigenvalue weighted by Crippen LogP contribution is 2.34. The lowest BCUT2D eigenvalue weighted by atomic mass is 9.90. The number of ether oxygens (including phenoxy) is 2. The fourth-order valence-electron chi connectivity index (χ4n) is 3.34. The Balaban J connectivity index is 1.52. The Hall–Kier alpha value is -1.11. The Morgan fingerprint density at radius 2 is 2.13 bits per heavy atom. The van der Waals surface area contributed by atoms with Crippen LogP contribution >= 0.6 is 11.3 Å². The number of likely N-dealkylation sites (tertiary alicyclic amines) is 1. The standard InChI is InChI=1S/C17H26N2O3S/c1-3-14-6-7-15(23-14)11-18-16(20)19-8-4-5-13(12-19)17(2)21-9-10-22-17/h6-7,13H,3-5,8-12H2,1-2H3,(H,18,20)/t13-/m1/s1. The first-order valence-electron chi connectivity index (χ1n) is 8.49. The van der Waals surface area contributed by atoms with E-state index in [0.29, 0.717) is 26.3 Å². The SMILES string of the molecule is CCc1ccc(CNC(=O)N2CCC[C@@H](C3(C)OCCO3)C2)s1. The third-order valence-corrected chi connectivity index (χ3v) is 6.02. The lowest BCUT2D eigenvalue weighted by Crippen LogP contribution is -2.51. The van der Waals surface area contributed by atoms with E-state index in [2.05, 4.69) is 24.4 Å². The van der Waals surface area contributed by atoms with Crippen LogP contribution in [0.25, 0.3) is 0 Å². The molecule has 0 spiro atoms. The number of thiophene rings is 1. The summed E-state index contributed by atoms with van der Waals surface area (Å²) in [6.07, 6.45) is 3.09. The van der Waals surface area contributed by atoms with Gasteiger partial charge in [-0.25, -0.2) is 4.79 Å². The third kappa shape index (κ3) is 3.87. The maximum Gasteiger partial charge on any atom is 0.317 e. The zero-order valence-corrected chi connectivity index (χ0v) is 14.8. The highest BCUT2D eigenvalue weighted by molar-refractivity contribution is 7.11. The number of amides is 2. The number of piperidine rings is 1. The van der Waals surface area contributed by atoms with Crippen molar-refractivity contribution >= 4 is 17.4 Å². The first-order chi connectivity index (χ1) is 11.1. The first-order valence-corrected chi connectivity index (χ1v) is 9.30. The number of hydrogen-bond acceptors (Lipinski definition) is 4. The number of rotatable bonds is 4. The third-order valence-electron chi connectivity index (χ3n) is 4.79.